The summed E-state index contributed by atoms with van der Waals surface area (Å²) < 4.78 is 10.8. The van der Waals surface area contributed by atoms with Gasteiger partial charge in [0.05, 0.1) is 23.4 Å². The largest absolute Gasteiger partial charge is 0.462 e. The molecule has 0 bridgehead atoms. The van der Waals surface area contributed by atoms with Crippen LogP contribution in [0.5, 0.6) is 5.75 Å². The molecule has 9 heteroatoms. The Balaban J connectivity index is 1.32. The molecule has 0 fully saturated rings. The number of ether oxygens (including phenoxy) is 2. The van der Waals surface area contributed by atoms with Crippen LogP contribution in [0, 0.1) is 0 Å². The van der Waals surface area contributed by atoms with E-state index >= 15 is 0 Å². The average Bonchev–Trinajstić information content (AvgIpc) is 3.19. The highest BCUT2D eigenvalue weighted by Crippen LogP contribution is 2.33. The number of hydrogen-bond donors (Lipinski definition) is 1. The molecule has 0 spiro atoms. The van der Waals surface area contributed by atoms with Gasteiger partial charge in [-0.3, -0.25) is 9.59 Å². The zero-order chi connectivity index (χ0) is 28.2. The second-order valence-electron chi connectivity index (χ2n) is 8.86. The van der Waals surface area contributed by atoms with E-state index in [9.17, 15) is 19.2 Å². The van der Waals surface area contributed by atoms with Crippen molar-refractivity contribution in [2.75, 3.05) is 16.8 Å². The van der Waals surface area contributed by atoms with Crippen LogP contribution in [0.2, 0.25) is 0 Å². The van der Waals surface area contributed by atoms with Crippen molar-refractivity contribution in [3.05, 3.63) is 113 Å². The Morgan fingerprint density at radius 1 is 0.825 bits per heavy atom. The van der Waals surface area contributed by atoms with Crippen molar-refractivity contribution in [1.82, 2.24) is 0 Å². The van der Waals surface area contributed by atoms with Gasteiger partial charge < -0.3 is 14.8 Å². The van der Waals surface area contributed by atoms with Gasteiger partial charge in [-0.2, -0.15) is 0 Å². The van der Waals surface area contributed by atoms with Gasteiger partial charge in [-0.05, 0) is 54.3 Å². The van der Waals surface area contributed by atoms with Crippen LogP contribution in [0.25, 0.3) is 10.8 Å². The number of rotatable bonds is 8. The van der Waals surface area contributed by atoms with Gasteiger partial charge in [-0.15, -0.1) is 0 Å². The maximum Gasteiger partial charge on any atom is 0.343 e. The molecule has 4 aromatic rings. The molecule has 1 aliphatic rings. The minimum Gasteiger partial charge on any atom is -0.462 e. The van der Waals surface area contributed by atoms with Gasteiger partial charge in [0.25, 0.3) is 11.8 Å². The Morgan fingerprint density at radius 2 is 1.52 bits per heavy atom. The molecule has 2 amide bonds. The van der Waals surface area contributed by atoms with Gasteiger partial charge >= 0.3 is 11.9 Å². The summed E-state index contributed by atoms with van der Waals surface area (Å²) in [5.74, 6) is -2.27. The summed E-state index contributed by atoms with van der Waals surface area (Å²) in [6.07, 6.45) is 0.622. The number of amides is 2. The molecule has 0 saturated heterocycles. The molecule has 0 atom stereocenters. The molecule has 8 nitrogen and oxygen atoms in total. The van der Waals surface area contributed by atoms with E-state index in [1.54, 1.807) is 30.3 Å². The summed E-state index contributed by atoms with van der Waals surface area (Å²) in [6.45, 7) is 2.06. The first-order valence-corrected chi connectivity index (χ1v) is 12.9. The lowest BCUT2D eigenvalue weighted by Gasteiger charge is -2.18. The Bertz CT molecular complexity index is 1670. The number of carbonyl (C=O) groups is 4. The zero-order valence-electron chi connectivity index (χ0n) is 21.3. The van der Waals surface area contributed by atoms with Crippen LogP contribution in [0.15, 0.2) is 102 Å². The number of hydrogen-bond acceptors (Lipinski definition) is 7. The number of para-hydroxylation sites is 1. The SMILES string of the molecule is CCCOC(=O)c1ccccc1N1C(=O)C(Cl)=C(Nc2ccc(C(=O)Oc3cccc4ccccc34)cc2)C1=O. The summed E-state index contributed by atoms with van der Waals surface area (Å²) in [4.78, 5) is 52.4. The van der Waals surface area contributed by atoms with Crippen molar-refractivity contribution < 1.29 is 28.7 Å². The van der Waals surface area contributed by atoms with E-state index in [0.717, 1.165) is 15.7 Å². The number of anilines is 2. The van der Waals surface area contributed by atoms with Crippen LogP contribution in [-0.2, 0) is 14.3 Å². The molecular weight excluding hydrogens is 532 g/mol. The first-order valence-electron chi connectivity index (χ1n) is 12.5. The van der Waals surface area contributed by atoms with E-state index in [2.05, 4.69) is 5.32 Å². The number of halogens is 1. The predicted molar refractivity (Wildman–Crippen MR) is 151 cm³/mol. The van der Waals surface area contributed by atoms with Crippen molar-refractivity contribution >= 4 is 57.5 Å². The molecule has 4 aromatic carbocycles. The minimum atomic E-state index is -0.778. The van der Waals surface area contributed by atoms with Gasteiger partial charge in [-0.1, -0.05) is 67.1 Å². The Morgan fingerprint density at radius 3 is 2.30 bits per heavy atom. The first-order chi connectivity index (χ1) is 19.4. The third-order valence-corrected chi connectivity index (χ3v) is 6.52. The minimum absolute atomic E-state index is 0.0671. The van der Waals surface area contributed by atoms with Gasteiger partial charge in [-0.25, -0.2) is 14.5 Å². The molecule has 1 aliphatic heterocycles. The maximum atomic E-state index is 13.3. The summed E-state index contributed by atoms with van der Waals surface area (Å²) in [5, 5.41) is 4.29. The van der Waals surface area contributed by atoms with Gasteiger partial charge in [0.2, 0.25) is 0 Å². The van der Waals surface area contributed by atoms with E-state index in [-0.39, 0.29) is 34.2 Å². The van der Waals surface area contributed by atoms with E-state index in [0.29, 0.717) is 17.9 Å². The molecule has 200 valence electrons. The van der Waals surface area contributed by atoms with Crippen LogP contribution in [0.4, 0.5) is 11.4 Å². The van der Waals surface area contributed by atoms with Crippen molar-refractivity contribution in [2.24, 2.45) is 0 Å². The lowest BCUT2D eigenvalue weighted by Crippen LogP contribution is -2.33. The quantitative estimate of drug-likeness (QED) is 0.160. The summed E-state index contributed by atoms with van der Waals surface area (Å²) in [5.41, 5.74) is 0.675. The number of fused-ring (bicyclic) bond motifs is 1. The number of nitrogens with one attached hydrogen (secondary N) is 1. The molecule has 5 rings (SSSR count). The number of esters is 2. The smallest absolute Gasteiger partial charge is 0.343 e. The van der Waals surface area contributed by atoms with Crippen LogP contribution in [0.1, 0.15) is 34.1 Å². The normalized spacial score (nSPS) is 13.1. The van der Waals surface area contributed by atoms with E-state index in [1.807, 2.05) is 43.3 Å². The van der Waals surface area contributed by atoms with Crippen molar-refractivity contribution in [2.45, 2.75) is 13.3 Å². The lowest BCUT2D eigenvalue weighted by molar-refractivity contribution is -0.120. The highest BCUT2D eigenvalue weighted by atomic mass is 35.5. The van der Waals surface area contributed by atoms with Crippen molar-refractivity contribution in [3.8, 4) is 5.75 Å². The van der Waals surface area contributed by atoms with Gasteiger partial charge in [0, 0.05) is 11.1 Å². The molecule has 1 N–H and O–H groups in total. The van der Waals surface area contributed by atoms with Crippen LogP contribution >= 0.6 is 11.6 Å². The maximum absolute atomic E-state index is 13.3. The molecule has 0 saturated carbocycles. The van der Waals surface area contributed by atoms with Crippen LogP contribution in [-0.4, -0.2) is 30.4 Å². The number of benzene rings is 4. The first kappa shape index (κ1) is 26.6. The fourth-order valence-electron chi connectivity index (χ4n) is 4.22. The number of carbonyl (C=O) groups excluding carboxylic acids is 4. The molecule has 1 heterocycles. The van der Waals surface area contributed by atoms with E-state index < -0.39 is 23.8 Å². The summed E-state index contributed by atoms with van der Waals surface area (Å²) >= 11 is 6.27. The van der Waals surface area contributed by atoms with Gasteiger partial charge in [0.1, 0.15) is 16.5 Å². The highest BCUT2D eigenvalue weighted by Gasteiger charge is 2.40. The number of nitrogens with zero attached hydrogens (tertiary/aromatic N) is 1. The molecule has 0 unspecified atom stereocenters. The Labute approximate surface area is 234 Å². The molecular formula is C31H23ClN2O6. The highest BCUT2D eigenvalue weighted by molar-refractivity contribution is 6.53. The summed E-state index contributed by atoms with van der Waals surface area (Å²) in [6, 6.07) is 25.4. The molecule has 0 aliphatic carbocycles. The molecule has 40 heavy (non-hydrogen) atoms. The topological polar surface area (TPSA) is 102 Å². The fourth-order valence-corrected chi connectivity index (χ4v) is 4.43. The average molecular weight is 555 g/mol. The third-order valence-electron chi connectivity index (χ3n) is 6.17. The third kappa shape index (κ3) is 5.17. The van der Waals surface area contributed by atoms with Crippen molar-refractivity contribution in [3.63, 3.8) is 0 Å². The fraction of sp³-hybridized carbons (Fsp3) is 0.0968. The molecule has 0 aromatic heterocycles. The lowest BCUT2D eigenvalue weighted by atomic mass is 10.1. The zero-order valence-corrected chi connectivity index (χ0v) is 22.1. The van der Waals surface area contributed by atoms with E-state index in [1.165, 1.54) is 24.3 Å². The predicted octanol–water partition coefficient (Wildman–Crippen LogP) is 6.06. The van der Waals surface area contributed by atoms with Crippen LogP contribution < -0.4 is 15.0 Å². The van der Waals surface area contributed by atoms with Crippen molar-refractivity contribution in [1.29, 1.82) is 0 Å². The number of imide groups is 1. The van der Waals surface area contributed by atoms with Crippen LogP contribution in [0.3, 0.4) is 0 Å². The van der Waals surface area contributed by atoms with E-state index in [4.69, 9.17) is 21.1 Å². The molecule has 0 radical (unpaired) electrons. The van der Waals surface area contributed by atoms with Gasteiger partial charge in [0.15, 0.2) is 0 Å². The Hall–Kier alpha value is -4.95. The summed E-state index contributed by atoms with van der Waals surface area (Å²) in [7, 11) is 0. The second kappa shape index (κ2) is 11.4. The second-order valence-corrected chi connectivity index (χ2v) is 9.23. The Kier molecular flexibility index (Phi) is 7.61. The standard InChI is InChI=1S/C31H23ClN2O6/c1-2-18-39-31(38)23-11-5-6-12-24(23)34-28(35)26(32)27(29(34)36)33-21-16-14-20(15-17-21)30(37)40-25-13-7-9-19-8-3-4-10-22(19)25/h3-17,33H,2,18H2,1H3. The monoisotopic (exact) mass is 554 g/mol.